The molecule has 0 spiro atoms. The maximum absolute atomic E-state index is 11.0. The highest BCUT2D eigenvalue weighted by atomic mass is 32.2. The molecule has 6 heteroatoms. The zero-order valence-corrected chi connectivity index (χ0v) is 13.1. The molecule has 0 aromatic heterocycles. The third kappa shape index (κ3) is 6.30. The molecule has 1 aromatic carbocycles. The zero-order valence-electron chi connectivity index (χ0n) is 11.3. The van der Waals surface area contributed by atoms with Gasteiger partial charge in [0, 0.05) is 0 Å². The Balaban J connectivity index is 2.74. The van der Waals surface area contributed by atoms with Gasteiger partial charge in [0.05, 0.1) is 19.5 Å². The fourth-order valence-electron chi connectivity index (χ4n) is 1.30. The molecular formula is C12H20O4SSi. The van der Waals surface area contributed by atoms with E-state index >= 15 is 0 Å². The van der Waals surface area contributed by atoms with Crippen molar-refractivity contribution in [1.82, 2.24) is 0 Å². The van der Waals surface area contributed by atoms with Crippen molar-refractivity contribution >= 4 is 18.4 Å². The van der Waals surface area contributed by atoms with Gasteiger partial charge in [0.15, 0.2) is 8.32 Å². The minimum absolute atomic E-state index is 0.0596. The van der Waals surface area contributed by atoms with Crippen LogP contribution in [0.1, 0.15) is 11.1 Å². The molecule has 102 valence electrons. The summed E-state index contributed by atoms with van der Waals surface area (Å²) in [5.74, 6) is 0. The van der Waals surface area contributed by atoms with Crippen LogP contribution in [0.25, 0.3) is 0 Å². The fourth-order valence-corrected chi connectivity index (χ4v) is 2.23. The van der Waals surface area contributed by atoms with Crippen LogP contribution in [0.5, 0.6) is 0 Å². The maximum atomic E-state index is 11.0. The molecule has 0 atom stereocenters. The zero-order chi connectivity index (χ0) is 13.8. The summed E-state index contributed by atoms with van der Waals surface area (Å²) in [5, 5.41) is 0. The van der Waals surface area contributed by atoms with Gasteiger partial charge in [-0.15, -0.1) is 0 Å². The Morgan fingerprint density at radius 1 is 1.06 bits per heavy atom. The molecule has 0 heterocycles. The number of hydrogen-bond donors (Lipinski definition) is 0. The third-order valence-electron chi connectivity index (χ3n) is 2.21. The first-order valence-electron chi connectivity index (χ1n) is 5.72. The average Bonchev–Trinajstić information content (AvgIpc) is 2.22. The summed E-state index contributed by atoms with van der Waals surface area (Å²) in [6.07, 6.45) is 1.05. The number of hydrogen-bond acceptors (Lipinski definition) is 4. The predicted octanol–water partition coefficient (Wildman–Crippen LogP) is 2.51. The molecule has 0 bridgehead atoms. The van der Waals surface area contributed by atoms with Crippen molar-refractivity contribution in [2.75, 3.05) is 6.26 Å². The van der Waals surface area contributed by atoms with Crippen LogP contribution in [0.4, 0.5) is 0 Å². The minimum atomic E-state index is -3.41. The van der Waals surface area contributed by atoms with Gasteiger partial charge >= 0.3 is 0 Å². The molecule has 0 radical (unpaired) electrons. The van der Waals surface area contributed by atoms with Crippen LogP contribution >= 0.6 is 0 Å². The molecule has 0 unspecified atom stereocenters. The molecule has 0 aliphatic heterocycles. The van der Waals surface area contributed by atoms with Crippen LogP contribution in [0.3, 0.4) is 0 Å². The molecule has 0 saturated heterocycles. The van der Waals surface area contributed by atoms with Crippen molar-refractivity contribution in [2.45, 2.75) is 32.9 Å². The smallest absolute Gasteiger partial charge is 0.264 e. The van der Waals surface area contributed by atoms with Crippen molar-refractivity contribution in [1.29, 1.82) is 0 Å². The van der Waals surface area contributed by atoms with Crippen molar-refractivity contribution in [3.8, 4) is 0 Å². The van der Waals surface area contributed by atoms with E-state index in [9.17, 15) is 8.42 Å². The van der Waals surface area contributed by atoms with Crippen LogP contribution in [0, 0.1) is 0 Å². The molecule has 0 aliphatic rings. The van der Waals surface area contributed by atoms with E-state index in [2.05, 4.69) is 19.6 Å². The highest BCUT2D eigenvalue weighted by Gasteiger charge is 2.15. The molecule has 18 heavy (non-hydrogen) atoms. The Morgan fingerprint density at radius 2 is 1.56 bits per heavy atom. The van der Waals surface area contributed by atoms with E-state index in [4.69, 9.17) is 8.61 Å². The second-order valence-electron chi connectivity index (χ2n) is 5.14. The molecule has 0 amide bonds. The van der Waals surface area contributed by atoms with E-state index in [1.807, 2.05) is 24.3 Å². The van der Waals surface area contributed by atoms with E-state index in [0.29, 0.717) is 6.61 Å². The standard InChI is InChI=1S/C12H20O4SSi/c1-17(13,14)15-9-11-7-5-6-8-12(11)10-16-18(2,3)4/h5-8H,9-10H2,1-4H3. The lowest BCUT2D eigenvalue weighted by Crippen LogP contribution is -2.25. The normalized spacial score (nSPS) is 12.7. The highest BCUT2D eigenvalue weighted by Crippen LogP contribution is 2.15. The average molecular weight is 288 g/mol. The van der Waals surface area contributed by atoms with Crippen molar-refractivity contribution in [3.05, 3.63) is 35.4 Å². The summed E-state index contributed by atoms with van der Waals surface area (Å²) in [6, 6.07) is 7.56. The SMILES string of the molecule is C[Si](C)(C)OCc1ccccc1COS(C)(=O)=O. The lowest BCUT2D eigenvalue weighted by Gasteiger charge is -2.18. The first-order valence-corrected chi connectivity index (χ1v) is 10.9. The summed E-state index contributed by atoms with van der Waals surface area (Å²) in [7, 11) is -5.00. The first-order chi connectivity index (χ1) is 8.17. The van der Waals surface area contributed by atoms with Crippen LogP contribution in [-0.4, -0.2) is 23.0 Å². The number of rotatable bonds is 6. The molecule has 1 aromatic rings. The Labute approximate surface area is 110 Å². The number of benzene rings is 1. The van der Waals surface area contributed by atoms with Gasteiger partial charge in [0.2, 0.25) is 0 Å². The van der Waals surface area contributed by atoms with E-state index < -0.39 is 18.4 Å². The maximum Gasteiger partial charge on any atom is 0.264 e. The Kier molecular flexibility index (Phi) is 5.09. The lowest BCUT2D eigenvalue weighted by atomic mass is 10.1. The Hall–Kier alpha value is -0.693. The van der Waals surface area contributed by atoms with E-state index in [1.54, 1.807) is 0 Å². The van der Waals surface area contributed by atoms with Crippen molar-refractivity contribution in [2.24, 2.45) is 0 Å². The summed E-state index contributed by atoms with van der Waals surface area (Å²) < 4.78 is 32.6. The van der Waals surface area contributed by atoms with E-state index in [-0.39, 0.29) is 6.61 Å². The second kappa shape index (κ2) is 5.97. The highest BCUT2D eigenvalue weighted by molar-refractivity contribution is 7.85. The summed E-state index contributed by atoms with van der Waals surface area (Å²) >= 11 is 0. The molecule has 0 aliphatic carbocycles. The Bertz CT molecular complexity index is 491. The van der Waals surface area contributed by atoms with Crippen molar-refractivity contribution in [3.63, 3.8) is 0 Å². The summed E-state index contributed by atoms with van der Waals surface area (Å²) in [6.45, 7) is 6.90. The molecule has 4 nitrogen and oxygen atoms in total. The largest absolute Gasteiger partial charge is 0.413 e. The molecule has 0 N–H and O–H groups in total. The van der Waals surface area contributed by atoms with Crippen molar-refractivity contribution < 1.29 is 17.0 Å². The van der Waals surface area contributed by atoms with Gasteiger partial charge in [0.25, 0.3) is 10.1 Å². The monoisotopic (exact) mass is 288 g/mol. The van der Waals surface area contributed by atoms with Crippen LogP contribution in [0.2, 0.25) is 19.6 Å². The van der Waals surface area contributed by atoms with Gasteiger partial charge in [-0.3, -0.25) is 4.18 Å². The molecule has 0 saturated carbocycles. The first kappa shape index (κ1) is 15.4. The van der Waals surface area contributed by atoms with Gasteiger partial charge in [-0.05, 0) is 30.8 Å². The second-order valence-corrected chi connectivity index (χ2v) is 11.3. The topological polar surface area (TPSA) is 52.6 Å². The minimum Gasteiger partial charge on any atom is -0.413 e. The van der Waals surface area contributed by atoms with Crippen LogP contribution in [-0.2, 0) is 31.9 Å². The van der Waals surface area contributed by atoms with E-state index in [1.165, 1.54) is 0 Å². The van der Waals surface area contributed by atoms with Gasteiger partial charge in [-0.1, -0.05) is 24.3 Å². The van der Waals surface area contributed by atoms with Crippen LogP contribution < -0.4 is 0 Å². The van der Waals surface area contributed by atoms with Gasteiger partial charge < -0.3 is 4.43 Å². The quantitative estimate of drug-likeness (QED) is 0.596. The lowest BCUT2D eigenvalue weighted by molar-refractivity contribution is 0.284. The predicted molar refractivity (Wildman–Crippen MR) is 74.2 cm³/mol. The summed E-state index contributed by atoms with van der Waals surface area (Å²) in [4.78, 5) is 0. The Morgan fingerprint density at radius 3 is 2.00 bits per heavy atom. The summed E-state index contributed by atoms with van der Waals surface area (Å²) in [5.41, 5.74) is 1.82. The fraction of sp³-hybridized carbons (Fsp3) is 0.500. The molecule has 1 rings (SSSR count). The van der Waals surface area contributed by atoms with Gasteiger partial charge in [0.1, 0.15) is 0 Å². The molecule has 0 fully saturated rings. The third-order valence-corrected chi connectivity index (χ3v) is 3.76. The molecular weight excluding hydrogens is 268 g/mol. The van der Waals surface area contributed by atoms with E-state index in [0.717, 1.165) is 17.4 Å². The van der Waals surface area contributed by atoms with Crippen LogP contribution in [0.15, 0.2) is 24.3 Å². The van der Waals surface area contributed by atoms with Gasteiger partial charge in [-0.2, -0.15) is 8.42 Å². The van der Waals surface area contributed by atoms with Gasteiger partial charge in [-0.25, -0.2) is 0 Å².